The molecule has 0 radical (unpaired) electrons. The summed E-state index contributed by atoms with van der Waals surface area (Å²) >= 11 is 1.79. The number of hydrogen-bond acceptors (Lipinski definition) is 4. The zero-order valence-electron chi connectivity index (χ0n) is 9.63. The number of aliphatic hydroxyl groups is 1. The van der Waals surface area contributed by atoms with Gasteiger partial charge in [-0.05, 0) is 36.9 Å². The molecular weight excluding hydrogens is 244 g/mol. The highest BCUT2D eigenvalue weighted by atomic mass is 32.2. The van der Waals surface area contributed by atoms with Gasteiger partial charge in [0.2, 0.25) is 0 Å². The third kappa shape index (κ3) is 2.74. The van der Waals surface area contributed by atoms with Gasteiger partial charge in [-0.1, -0.05) is 6.42 Å². The van der Waals surface area contributed by atoms with Crippen LogP contribution in [0.2, 0.25) is 0 Å². The first-order valence-electron chi connectivity index (χ1n) is 5.93. The van der Waals surface area contributed by atoms with Gasteiger partial charge in [-0.2, -0.15) is 11.8 Å². The average Bonchev–Trinajstić information content (AvgIpc) is 2.63. The van der Waals surface area contributed by atoms with Crippen molar-refractivity contribution in [2.45, 2.75) is 37.0 Å². The zero-order valence-corrected chi connectivity index (χ0v) is 11.3. The Kier molecular flexibility index (Phi) is 3.86. The molecule has 1 heterocycles. The average molecular weight is 264 g/mol. The Bertz CT molecular complexity index is 339. The summed E-state index contributed by atoms with van der Waals surface area (Å²) in [6.07, 6.45) is 4.80. The summed E-state index contributed by atoms with van der Waals surface area (Å²) in [7, 11) is -2.89. The van der Waals surface area contributed by atoms with Crippen LogP contribution in [0, 0.1) is 11.8 Å². The fraction of sp³-hybridized carbons (Fsp3) is 1.00. The molecule has 2 fully saturated rings. The topological polar surface area (TPSA) is 54.4 Å². The SMILES string of the molecule is CS(=O)(=O)C1CCCC(C2CSCC2O)C1. The first-order valence-corrected chi connectivity index (χ1v) is 9.04. The molecular formula is C11H20O3S2. The monoisotopic (exact) mass is 264 g/mol. The van der Waals surface area contributed by atoms with E-state index in [1.165, 1.54) is 6.26 Å². The summed E-state index contributed by atoms with van der Waals surface area (Å²) in [6, 6.07) is 0. The largest absolute Gasteiger partial charge is 0.392 e. The lowest BCUT2D eigenvalue weighted by atomic mass is 9.78. The van der Waals surface area contributed by atoms with Crippen LogP contribution in [0.25, 0.3) is 0 Å². The van der Waals surface area contributed by atoms with E-state index in [0.717, 1.165) is 37.2 Å². The molecule has 5 heteroatoms. The van der Waals surface area contributed by atoms with E-state index in [1.54, 1.807) is 11.8 Å². The second kappa shape index (κ2) is 4.86. The van der Waals surface area contributed by atoms with E-state index in [-0.39, 0.29) is 11.4 Å². The molecule has 1 aliphatic heterocycles. The van der Waals surface area contributed by atoms with Crippen LogP contribution in [0.15, 0.2) is 0 Å². The summed E-state index contributed by atoms with van der Waals surface area (Å²) in [5, 5.41) is 9.70. The van der Waals surface area contributed by atoms with E-state index in [9.17, 15) is 13.5 Å². The fourth-order valence-electron chi connectivity index (χ4n) is 2.97. The Labute approximate surface area is 102 Å². The van der Waals surface area contributed by atoms with Gasteiger partial charge in [-0.25, -0.2) is 8.42 Å². The van der Waals surface area contributed by atoms with Gasteiger partial charge in [0, 0.05) is 12.0 Å². The minimum Gasteiger partial charge on any atom is -0.392 e. The van der Waals surface area contributed by atoms with E-state index < -0.39 is 9.84 Å². The second-order valence-corrected chi connectivity index (χ2v) is 8.55. The molecule has 0 amide bonds. The molecule has 2 rings (SSSR count). The lowest BCUT2D eigenvalue weighted by molar-refractivity contribution is 0.0980. The van der Waals surface area contributed by atoms with Crippen LogP contribution in [0.1, 0.15) is 25.7 Å². The molecule has 1 saturated heterocycles. The van der Waals surface area contributed by atoms with Gasteiger partial charge in [0.25, 0.3) is 0 Å². The van der Waals surface area contributed by atoms with Crippen LogP contribution in [-0.4, -0.2) is 42.6 Å². The number of rotatable bonds is 2. The van der Waals surface area contributed by atoms with Crippen molar-refractivity contribution in [3.63, 3.8) is 0 Å². The van der Waals surface area contributed by atoms with Crippen molar-refractivity contribution in [3.05, 3.63) is 0 Å². The molecule has 0 bridgehead atoms. The van der Waals surface area contributed by atoms with Crippen LogP contribution in [-0.2, 0) is 9.84 Å². The Hall–Kier alpha value is 0.260. The Balaban J connectivity index is 2.01. The molecule has 1 saturated carbocycles. The summed E-state index contributed by atoms with van der Waals surface area (Å²) in [5.41, 5.74) is 0. The lowest BCUT2D eigenvalue weighted by Crippen LogP contribution is -2.34. The highest BCUT2D eigenvalue weighted by Crippen LogP contribution is 2.39. The van der Waals surface area contributed by atoms with E-state index >= 15 is 0 Å². The van der Waals surface area contributed by atoms with Crippen molar-refractivity contribution in [1.82, 2.24) is 0 Å². The van der Waals surface area contributed by atoms with Crippen LogP contribution >= 0.6 is 11.8 Å². The van der Waals surface area contributed by atoms with E-state index in [4.69, 9.17) is 0 Å². The standard InChI is InChI=1S/C11H20O3S2/c1-16(13,14)9-4-2-3-8(5-9)10-6-15-7-11(10)12/h8-12H,2-7H2,1H3. The molecule has 0 aromatic carbocycles. The molecule has 0 aromatic heterocycles. The normalized spacial score (nSPS) is 41.1. The van der Waals surface area contributed by atoms with E-state index in [2.05, 4.69) is 0 Å². The number of sulfone groups is 1. The number of thioether (sulfide) groups is 1. The van der Waals surface area contributed by atoms with E-state index in [1.807, 2.05) is 0 Å². The van der Waals surface area contributed by atoms with Gasteiger partial charge in [0.15, 0.2) is 0 Å². The molecule has 94 valence electrons. The molecule has 4 unspecified atom stereocenters. The maximum atomic E-state index is 11.6. The van der Waals surface area contributed by atoms with Crippen LogP contribution in [0.5, 0.6) is 0 Å². The van der Waals surface area contributed by atoms with Crippen molar-refractivity contribution in [2.75, 3.05) is 17.8 Å². The summed E-state index contributed by atoms with van der Waals surface area (Å²) in [6.45, 7) is 0. The molecule has 2 aliphatic rings. The van der Waals surface area contributed by atoms with Crippen LogP contribution in [0.3, 0.4) is 0 Å². The predicted molar refractivity (Wildman–Crippen MR) is 67.4 cm³/mol. The summed E-state index contributed by atoms with van der Waals surface area (Å²) < 4.78 is 23.1. The van der Waals surface area contributed by atoms with Gasteiger partial charge < -0.3 is 5.11 Å². The Morgan fingerprint density at radius 3 is 2.56 bits per heavy atom. The highest BCUT2D eigenvalue weighted by Gasteiger charge is 2.38. The molecule has 0 spiro atoms. The first kappa shape index (κ1) is 12.7. The second-order valence-electron chi connectivity index (χ2n) is 5.15. The summed E-state index contributed by atoms with van der Waals surface area (Å²) in [4.78, 5) is 0. The molecule has 1 N–H and O–H groups in total. The minimum atomic E-state index is -2.89. The first-order chi connectivity index (χ1) is 7.48. The fourth-order valence-corrected chi connectivity index (χ4v) is 5.55. The highest BCUT2D eigenvalue weighted by molar-refractivity contribution is 7.99. The third-order valence-electron chi connectivity index (χ3n) is 3.97. The van der Waals surface area contributed by atoms with Gasteiger partial charge >= 0.3 is 0 Å². The lowest BCUT2D eigenvalue weighted by Gasteiger charge is -2.33. The van der Waals surface area contributed by atoms with E-state index in [0.29, 0.717) is 11.8 Å². The number of aliphatic hydroxyl groups excluding tert-OH is 1. The van der Waals surface area contributed by atoms with Crippen molar-refractivity contribution in [1.29, 1.82) is 0 Å². The van der Waals surface area contributed by atoms with Gasteiger partial charge in [0.05, 0.1) is 11.4 Å². The molecule has 16 heavy (non-hydrogen) atoms. The zero-order chi connectivity index (χ0) is 11.8. The predicted octanol–water partition coefficient (Wildman–Crippen LogP) is 1.31. The van der Waals surface area contributed by atoms with Gasteiger partial charge in [0.1, 0.15) is 9.84 Å². The van der Waals surface area contributed by atoms with Crippen LogP contribution < -0.4 is 0 Å². The number of hydrogen-bond donors (Lipinski definition) is 1. The van der Waals surface area contributed by atoms with Crippen molar-refractivity contribution in [3.8, 4) is 0 Å². The van der Waals surface area contributed by atoms with Gasteiger partial charge in [-0.15, -0.1) is 0 Å². The Morgan fingerprint density at radius 1 is 1.25 bits per heavy atom. The van der Waals surface area contributed by atoms with Crippen molar-refractivity contribution in [2.24, 2.45) is 11.8 Å². The molecule has 3 nitrogen and oxygen atoms in total. The summed E-state index contributed by atoms with van der Waals surface area (Å²) in [5.74, 6) is 2.57. The van der Waals surface area contributed by atoms with Crippen molar-refractivity contribution >= 4 is 21.6 Å². The quantitative estimate of drug-likeness (QED) is 0.817. The minimum absolute atomic E-state index is 0.163. The molecule has 0 aromatic rings. The maximum Gasteiger partial charge on any atom is 0.150 e. The molecule has 1 aliphatic carbocycles. The van der Waals surface area contributed by atoms with Gasteiger partial charge in [-0.3, -0.25) is 0 Å². The van der Waals surface area contributed by atoms with Crippen molar-refractivity contribution < 1.29 is 13.5 Å². The maximum absolute atomic E-state index is 11.6. The van der Waals surface area contributed by atoms with Crippen LogP contribution in [0.4, 0.5) is 0 Å². The third-order valence-corrected chi connectivity index (χ3v) is 6.81. The molecule has 4 atom stereocenters. The Morgan fingerprint density at radius 2 is 2.00 bits per heavy atom. The smallest absolute Gasteiger partial charge is 0.150 e.